The molecule has 2 saturated heterocycles. The maximum atomic E-state index is 12.9. The molecule has 140 valence electrons. The Kier molecular flexibility index (Phi) is 5.11. The van der Waals surface area contributed by atoms with Crippen LogP contribution in [-0.4, -0.2) is 52.5 Å². The molecule has 1 aromatic carbocycles. The van der Waals surface area contributed by atoms with Crippen LogP contribution in [0.2, 0.25) is 0 Å². The minimum absolute atomic E-state index is 0.0720. The summed E-state index contributed by atoms with van der Waals surface area (Å²) in [6.07, 6.45) is 3.15. The Labute approximate surface area is 151 Å². The molecule has 0 radical (unpaired) electrons. The zero-order chi connectivity index (χ0) is 18.8. The Bertz CT molecular complexity index is 730. The van der Waals surface area contributed by atoms with Crippen molar-refractivity contribution in [2.75, 3.05) is 24.5 Å². The summed E-state index contributed by atoms with van der Waals surface area (Å²) in [4.78, 5) is 38.8. The molecular weight excluding hydrogens is 338 g/mol. The molecule has 0 bridgehead atoms. The minimum atomic E-state index is -0.912. The summed E-state index contributed by atoms with van der Waals surface area (Å²) < 4.78 is 0. The zero-order valence-corrected chi connectivity index (χ0v) is 14.8. The van der Waals surface area contributed by atoms with Gasteiger partial charge < -0.3 is 14.9 Å². The van der Waals surface area contributed by atoms with Gasteiger partial charge in [-0.1, -0.05) is 0 Å². The van der Waals surface area contributed by atoms with E-state index < -0.39 is 22.9 Å². The number of rotatable bonds is 4. The van der Waals surface area contributed by atoms with Gasteiger partial charge in [0.2, 0.25) is 0 Å². The molecule has 0 aliphatic carbocycles. The Morgan fingerprint density at radius 1 is 1.19 bits per heavy atom. The minimum Gasteiger partial charge on any atom is -0.481 e. The zero-order valence-electron chi connectivity index (χ0n) is 14.8. The number of carbonyl (C=O) groups is 2. The summed E-state index contributed by atoms with van der Waals surface area (Å²) in [5.74, 6) is -1.86. The number of hydrogen-bond acceptors (Lipinski definition) is 5. The number of carboxylic acids is 1. The molecule has 8 nitrogen and oxygen atoms in total. The predicted molar refractivity (Wildman–Crippen MR) is 95.4 cm³/mol. The molecule has 2 aliphatic rings. The first-order valence-electron chi connectivity index (χ1n) is 8.97. The first kappa shape index (κ1) is 18.2. The van der Waals surface area contributed by atoms with Crippen molar-refractivity contribution in [2.45, 2.75) is 38.6 Å². The molecule has 0 spiro atoms. The summed E-state index contributed by atoms with van der Waals surface area (Å²) in [5, 5.41) is 20.8. The molecule has 0 saturated carbocycles. The quantitative estimate of drug-likeness (QED) is 0.653. The molecule has 3 rings (SSSR count). The summed E-state index contributed by atoms with van der Waals surface area (Å²) in [6.45, 7) is 3.74. The number of benzene rings is 1. The Balaban J connectivity index is 1.88. The average molecular weight is 361 g/mol. The molecule has 1 N–H and O–H groups in total. The van der Waals surface area contributed by atoms with Gasteiger partial charge >= 0.3 is 5.97 Å². The lowest BCUT2D eigenvalue weighted by Crippen LogP contribution is -2.49. The fraction of sp³-hybridized carbons (Fsp3) is 0.556. The molecular formula is C18H23N3O5. The third-order valence-electron chi connectivity index (χ3n) is 5.43. The highest BCUT2D eigenvalue weighted by Gasteiger charge is 2.36. The van der Waals surface area contributed by atoms with Crippen molar-refractivity contribution in [1.82, 2.24) is 4.90 Å². The van der Waals surface area contributed by atoms with Crippen LogP contribution in [0.15, 0.2) is 18.2 Å². The van der Waals surface area contributed by atoms with E-state index in [1.807, 2.05) is 4.90 Å². The molecule has 2 fully saturated rings. The summed E-state index contributed by atoms with van der Waals surface area (Å²) in [6, 6.07) is 4.14. The first-order chi connectivity index (χ1) is 12.4. The number of carboxylic acid groups (broad SMARTS) is 1. The number of piperidine rings is 1. The summed E-state index contributed by atoms with van der Waals surface area (Å²) in [5.41, 5.74) is 0.703. The number of nitrogens with zero attached hydrogens (tertiary/aromatic N) is 3. The van der Waals surface area contributed by atoms with Crippen molar-refractivity contribution in [2.24, 2.45) is 5.92 Å². The molecule has 2 atom stereocenters. The highest BCUT2D eigenvalue weighted by atomic mass is 16.6. The number of nitro groups is 1. The van der Waals surface area contributed by atoms with Crippen LogP contribution >= 0.6 is 0 Å². The van der Waals surface area contributed by atoms with Gasteiger partial charge in [-0.2, -0.15) is 0 Å². The SMILES string of the molecule is C[C@@H]1[C@H](C(=O)O)CCCN1C(=O)c1ccc(N2CCCC2)c([N+](=O)[O-])c1. The van der Waals surface area contributed by atoms with Crippen molar-refractivity contribution in [3.05, 3.63) is 33.9 Å². The lowest BCUT2D eigenvalue weighted by molar-refractivity contribution is -0.384. The van der Waals surface area contributed by atoms with Crippen LogP contribution in [0.4, 0.5) is 11.4 Å². The van der Waals surface area contributed by atoms with E-state index in [-0.39, 0.29) is 17.2 Å². The number of anilines is 1. The van der Waals surface area contributed by atoms with E-state index in [1.165, 1.54) is 11.0 Å². The van der Waals surface area contributed by atoms with Crippen LogP contribution in [0.1, 0.15) is 43.0 Å². The van der Waals surface area contributed by atoms with Crippen LogP contribution in [0.5, 0.6) is 0 Å². The molecule has 0 unspecified atom stereocenters. The van der Waals surface area contributed by atoms with Gasteiger partial charge in [-0.15, -0.1) is 0 Å². The highest BCUT2D eigenvalue weighted by molar-refractivity contribution is 5.96. The normalized spacial score (nSPS) is 23.1. The Morgan fingerprint density at radius 3 is 2.50 bits per heavy atom. The van der Waals surface area contributed by atoms with E-state index in [9.17, 15) is 24.8 Å². The van der Waals surface area contributed by atoms with Gasteiger partial charge in [-0.25, -0.2) is 0 Å². The molecule has 1 amide bonds. The maximum absolute atomic E-state index is 12.9. The molecule has 2 aliphatic heterocycles. The third kappa shape index (κ3) is 3.36. The van der Waals surface area contributed by atoms with Crippen molar-refractivity contribution >= 4 is 23.3 Å². The first-order valence-corrected chi connectivity index (χ1v) is 8.97. The average Bonchev–Trinajstić information content (AvgIpc) is 3.15. The predicted octanol–water partition coefficient (Wildman–Crippen LogP) is 2.52. The molecule has 8 heteroatoms. The second-order valence-electron chi connectivity index (χ2n) is 6.98. The molecule has 26 heavy (non-hydrogen) atoms. The monoisotopic (exact) mass is 361 g/mol. The van der Waals surface area contributed by atoms with E-state index in [2.05, 4.69) is 0 Å². The van der Waals surface area contributed by atoms with E-state index >= 15 is 0 Å². The van der Waals surface area contributed by atoms with Crippen molar-refractivity contribution in [3.63, 3.8) is 0 Å². The maximum Gasteiger partial charge on any atom is 0.308 e. The lowest BCUT2D eigenvalue weighted by Gasteiger charge is -2.37. The second-order valence-corrected chi connectivity index (χ2v) is 6.98. The van der Waals surface area contributed by atoms with Gasteiger partial charge in [-0.05, 0) is 44.7 Å². The molecule has 2 heterocycles. The van der Waals surface area contributed by atoms with Gasteiger partial charge in [0.05, 0.1) is 10.8 Å². The van der Waals surface area contributed by atoms with E-state index in [0.29, 0.717) is 25.1 Å². The van der Waals surface area contributed by atoms with Gasteiger partial charge in [0, 0.05) is 37.3 Å². The highest BCUT2D eigenvalue weighted by Crippen LogP contribution is 2.33. The van der Waals surface area contributed by atoms with Crippen LogP contribution in [0.3, 0.4) is 0 Å². The van der Waals surface area contributed by atoms with Crippen molar-refractivity contribution < 1.29 is 19.6 Å². The van der Waals surface area contributed by atoms with E-state index in [0.717, 1.165) is 25.9 Å². The number of hydrogen-bond donors (Lipinski definition) is 1. The van der Waals surface area contributed by atoms with E-state index in [1.54, 1.807) is 19.1 Å². The summed E-state index contributed by atoms with van der Waals surface area (Å²) in [7, 11) is 0. The molecule has 1 aromatic rings. The Morgan fingerprint density at radius 2 is 1.88 bits per heavy atom. The van der Waals surface area contributed by atoms with Crippen LogP contribution < -0.4 is 4.90 Å². The van der Waals surface area contributed by atoms with Gasteiger partial charge in [0.15, 0.2) is 0 Å². The summed E-state index contributed by atoms with van der Waals surface area (Å²) >= 11 is 0. The number of carbonyl (C=O) groups excluding carboxylic acids is 1. The standard InChI is InChI=1S/C18H23N3O5/c1-12-14(18(23)24)5-4-10-20(12)17(22)13-6-7-15(16(11-13)21(25)26)19-8-2-3-9-19/h6-7,11-12,14H,2-5,8-10H2,1H3,(H,23,24)/t12-,14-/m1/s1. The van der Waals surface area contributed by atoms with Gasteiger partial charge in [0.25, 0.3) is 11.6 Å². The number of nitro benzene ring substituents is 1. The lowest BCUT2D eigenvalue weighted by atomic mass is 9.90. The molecule has 0 aromatic heterocycles. The topological polar surface area (TPSA) is 104 Å². The Hall–Kier alpha value is -2.64. The van der Waals surface area contributed by atoms with Gasteiger partial charge in [-0.3, -0.25) is 19.7 Å². The van der Waals surface area contributed by atoms with E-state index in [4.69, 9.17) is 0 Å². The second kappa shape index (κ2) is 7.31. The van der Waals surface area contributed by atoms with Crippen LogP contribution in [0, 0.1) is 16.0 Å². The van der Waals surface area contributed by atoms with Crippen LogP contribution in [-0.2, 0) is 4.79 Å². The van der Waals surface area contributed by atoms with Crippen molar-refractivity contribution in [3.8, 4) is 0 Å². The number of amides is 1. The smallest absolute Gasteiger partial charge is 0.308 e. The van der Waals surface area contributed by atoms with Gasteiger partial charge in [0.1, 0.15) is 5.69 Å². The largest absolute Gasteiger partial charge is 0.481 e. The number of likely N-dealkylation sites (tertiary alicyclic amines) is 1. The third-order valence-corrected chi connectivity index (χ3v) is 5.43. The van der Waals surface area contributed by atoms with Crippen molar-refractivity contribution in [1.29, 1.82) is 0 Å². The fourth-order valence-electron chi connectivity index (χ4n) is 3.95. The fourth-order valence-corrected chi connectivity index (χ4v) is 3.95. The number of aliphatic carboxylic acids is 1. The van der Waals surface area contributed by atoms with Crippen LogP contribution in [0.25, 0.3) is 0 Å².